The van der Waals surface area contributed by atoms with Crippen LogP contribution in [0.5, 0.6) is 0 Å². The number of carboxylic acid groups (broad SMARTS) is 1. The second-order valence-electron chi connectivity index (χ2n) is 4.40. The summed E-state index contributed by atoms with van der Waals surface area (Å²) in [6, 6.07) is -1.18. The van der Waals surface area contributed by atoms with Crippen molar-refractivity contribution in [3.05, 3.63) is 0 Å². The van der Waals surface area contributed by atoms with Gasteiger partial charge in [-0.3, -0.25) is 0 Å². The van der Waals surface area contributed by atoms with Gasteiger partial charge in [-0.1, -0.05) is 40.0 Å². The lowest BCUT2D eigenvalue weighted by Crippen LogP contribution is -2.46. The highest BCUT2D eigenvalue weighted by Crippen LogP contribution is 2.01. The fourth-order valence-electron chi connectivity index (χ4n) is 1.29. The molecule has 0 saturated carbocycles. The van der Waals surface area contributed by atoms with Gasteiger partial charge in [0.15, 0.2) is 0 Å². The fraction of sp³-hybridized carbons (Fsp3) is 0.833. The van der Waals surface area contributed by atoms with E-state index in [1.54, 1.807) is 0 Å². The van der Waals surface area contributed by atoms with Crippen LogP contribution in [0.1, 0.15) is 46.5 Å². The van der Waals surface area contributed by atoms with Gasteiger partial charge in [-0.2, -0.15) is 0 Å². The van der Waals surface area contributed by atoms with Gasteiger partial charge < -0.3 is 15.7 Å². The molecule has 2 unspecified atom stereocenters. The number of amides is 2. The summed E-state index contributed by atoms with van der Waals surface area (Å²) in [7, 11) is 0. The van der Waals surface area contributed by atoms with E-state index >= 15 is 0 Å². The molecule has 0 aliphatic rings. The Labute approximate surface area is 103 Å². The molecule has 100 valence electrons. The van der Waals surface area contributed by atoms with Crippen LogP contribution < -0.4 is 10.6 Å². The van der Waals surface area contributed by atoms with Crippen LogP contribution in [-0.4, -0.2) is 29.7 Å². The first-order valence-electron chi connectivity index (χ1n) is 6.28. The normalized spacial score (nSPS) is 13.8. The molecule has 0 aromatic carbocycles. The van der Waals surface area contributed by atoms with Gasteiger partial charge >= 0.3 is 12.0 Å². The maximum atomic E-state index is 11.5. The number of rotatable bonds is 8. The summed E-state index contributed by atoms with van der Waals surface area (Å²) in [4.78, 5) is 22.3. The van der Waals surface area contributed by atoms with E-state index in [-0.39, 0.29) is 0 Å². The van der Waals surface area contributed by atoms with Crippen molar-refractivity contribution in [1.82, 2.24) is 10.6 Å². The molecular weight excluding hydrogens is 220 g/mol. The Kier molecular flexibility index (Phi) is 8.19. The third kappa shape index (κ3) is 7.60. The Bertz CT molecular complexity index is 244. The average molecular weight is 244 g/mol. The van der Waals surface area contributed by atoms with E-state index in [1.165, 1.54) is 0 Å². The van der Waals surface area contributed by atoms with Crippen LogP contribution in [-0.2, 0) is 4.79 Å². The molecule has 17 heavy (non-hydrogen) atoms. The van der Waals surface area contributed by atoms with Gasteiger partial charge in [-0.05, 0) is 12.3 Å². The molecule has 0 saturated heterocycles. The summed E-state index contributed by atoms with van der Waals surface area (Å²) >= 11 is 0. The molecule has 0 aliphatic heterocycles. The van der Waals surface area contributed by atoms with Gasteiger partial charge in [0.25, 0.3) is 0 Å². The quantitative estimate of drug-likeness (QED) is 0.611. The highest BCUT2D eigenvalue weighted by atomic mass is 16.4. The highest BCUT2D eigenvalue weighted by molar-refractivity contribution is 5.82. The molecule has 5 heteroatoms. The van der Waals surface area contributed by atoms with E-state index in [0.717, 1.165) is 19.3 Å². The first kappa shape index (κ1) is 15.7. The van der Waals surface area contributed by atoms with Crippen molar-refractivity contribution in [1.29, 1.82) is 0 Å². The van der Waals surface area contributed by atoms with Gasteiger partial charge in [-0.15, -0.1) is 0 Å². The maximum absolute atomic E-state index is 11.5. The zero-order chi connectivity index (χ0) is 13.3. The third-order valence-corrected chi connectivity index (χ3v) is 2.76. The molecule has 2 atom stereocenters. The predicted molar refractivity (Wildman–Crippen MR) is 66.9 cm³/mol. The van der Waals surface area contributed by atoms with Crippen LogP contribution in [0.2, 0.25) is 0 Å². The van der Waals surface area contributed by atoms with Gasteiger partial charge in [0.2, 0.25) is 0 Å². The second-order valence-corrected chi connectivity index (χ2v) is 4.40. The minimum atomic E-state index is -0.975. The van der Waals surface area contributed by atoms with Crippen molar-refractivity contribution in [2.75, 3.05) is 6.54 Å². The summed E-state index contributed by atoms with van der Waals surface area (Å²) in [6.45, 7) is 6.64. The van der Waals surface area contributed by atoms with Crippen molar-refractivity contribution < 1.29 is 14.7 Å². The molecule has 0 aromatic rings. The molecule has 0 spiro atoms. The van der Waals surface area contributed by atoms with E-state index in [2.05, 4.69) is 10.6 Å². The Balaban J connectivity index is 3.99. The summed E-state index contributed by atoms with van der Waals surface area (Å²) in [6.07, 6.45) is 3.17. The molecule has 0 rings (SSSR count). The van der Waals surface area contributed by atoms with Gasteiger partial charge in [0.1, 0.15) is 6.04 Å². The van der Waals surface area contributed by atoms with E-state index in [9.17, 15) is 9.59 Å². The smallest absolute Gasteiger partial charge is 0.326 e. The third-order valence-electron chi connectivity index (χ3n) is 2.76. The van der Waals surface area contributed by atoms with Crippen molar-refractivity contribution in [2.45, 2.75) is 52.5 Å². The van der Waals surface area contributed by atoms with Crippen LogP contribution in [0.3, 0.4) is 0 Å². The van der Waals surface area contributed by atoms with E-state index in [1.807, 2.05) is 20.8 Å². The van der Waals surface area contributed by atoms with Gasteiger partial charge in [0, 0.05) is 6.54 Å². The molecule has 0 aromatic heterocycles. The number of urea groups is 1. The lowest BCUT2D eigenvalue weighted by atomic mass is 10.1. The van der Waals surface area contributed by atoms with Crippen molar-refractivity contribution >= 4 is 12.0 Å². The number of unbranched alkanes of at least 4 members (excludes halogenated alkanes) is 1. The Morgan fingerprint density at radius 1 is 1.29 bits per heavy atom. The second kappa shape index (κ2) is 8.84. The topological polar surface area (TPSA) is 78.4 Å². The summed E-state index contributed by atoms with van der Waals surface area (Å²) in [5, 5.41) is 14.1. The average Bonchev–Trinajstić information content (AvgIpc) is 2.30. The predicted octanol–water partition coefficient (Wildman–Crippen LogP) is 1.98. The minimum absolute atomic E-state index is 0.395. The Morgan fingerprint density at radius 2 is 1.94 bits per heavy atom. The van der Waals surface area contributed by atoms with Crippen LogP contribution in [0.4, 0.5) is 4.79 Å². The number of nitrogens with one attached hydrogen (secondary N) is 2. The number of carbonyl (C=O) groups excluding carboxylic acids is 1. The number of aliphatic carboxylic acids is 1. The van der Waals surface area contributed by atoms with Crippen molar-refractivity contribution in [2.24, 2.45) is 5.92 Å². The SMILES string of the molecule is CCCCC(NC(=O)NCC(C)CC)C(=O)O. The summed E-state index contributed by atoms with van der Waals surface area (Å²) in [5.41, 5.74) is 0. The molecule has 5 nitrogen and oxygen atoms in total. The van der Waals surface area contributed by atoms with E-state index < -0.39 is 18.0 Å². The maximum Gasteiger partial charge on any atom is 0.326 e. The first-order valence-corrected chi connectivity index (χ1v) is 6.28. The van der Waals surface area contributed by atoms with Crippen molar-refractivity contribution in [3.8, 4) is 0 Å². The Hall–Kier alpha value is -1.26. The first-order chi connectivity index (χ1) is 8.01. The molecular formula is C12H24N2O3. The standard InChI is InChI=1S/C12H24N2O3/c1-4-6-7-10(11(15)16)14-12(17)13-8-9(3)5-2/h9-10H,4-8H2,1-3H3,(H,15,16)(H2,13,14,17). The molecule has 0 aliphatic carbocycles. The van der Waals surface area contributed by atoms with Gasteiger partial charge in [-0.25, -0.2) is 9.59 Å². The number of carboxylic acids is 1. The van der Waals surface area contributed by atoms with E-state index in [0.29, 0.717) is 18.9 Å². The summed E-state index contributed by atoms with van der Waals surface area (Å²) in [5.74, 6) is -0.572. The van der Waals surface area contributed by atoms with Crippen LogP contribution in [0, 0.1) is 5.92 Å². The molecule has 0 radical (unpaired) electrons. The largest absolute Gasteiger partial charge is 0.480 e. The van der Waals surface area contributed by atoms with Crippen LogP contribution in [0.15, 0.2) is 0 Å². The number of carbonyl (C=O) groups is 2. The molecule has 3 N–H and O–H groups in total. The van der Waals surface area contributed by atoms with Crippen LogP contribution in [0.25, 0.3) is 0 Å². The molecule has 2 amide bonds. The minimum Gasteiger partial charge on any atom is -0.480 e. The zero-order valence-corrected chi connectivity index (χ0v) is 11.0. The Morgan fingerprint density at radius 3 is 2.41 bits per heavy atom. The number of hydrogen-bond acceptors (Lipinski definition) is 2. The summed E-state index contributed by atoms with van der Waals surface area (Å²) < 4.78 is 0. The molecule has 0 bridgehead atoms. The number of hydrogen-bond donors (Lipinski definition) is 3. The lowest BCUT2D eigenvalue weighted by Gasteiger charge is -2.16. The van der Waals surface area contributed by atoms with E-state index in [4.69, 9.17) is 5.11 Å². The fourth-order valence-corrected chi connectivity index (χ4v) is 1.29. The zero-order valence-electron chi connectivity index (χ0n) is 11.0. The highest BCUT2D eigenvalue weighted by Gasteiger charge is 2.18. The lowest BCUT2D eigenvalue weighted by molar-refractivity contribution is -0.139. The monoisotopic (exact) mass is 244 g/mol. The van der Waals surface area contributed by atoms with Crippen LogP contribution >= 0.6 is 0 Å². The molecule has 0 fully saturated rings. The molecule has 0 heterocycles. The van der Waals surface area contributed by atoms with Crippen molar-refractivity contribution in [3.63, 3.8) is 0 Å². The van der Waals surface area contributed by atoms with Gasteiger partial charge in [0.05, 0.1) is 0 Å².